The lowest BCUT2D eigenvalue weighted by Gasteiger charge is -2.13. The fourth-order valence-corrected chi connectivity index (χ4v) is 2.05. The van der Waals surface area contributed by atoms with Crippen molar-refractivity contribution < 1.29 is 5.11 Å². The molecule has 0 spiro atoms. The number of benzene rings is 1. The molecule has 0 radical (unpaired) electrons. The van der Waals surface area contributed by atoms with Crippen LogP contribution in [-0.4, -0.2) is 5.11 Å². The Bertz CT molecular complexity index is 341. The van der Waals surface area contributed by atoms with Gasteiger partial charge in [-0.15, -0.1) is 12.4 Å². The summed E-state index contributed by atoms with van der Waals surface area (Å²) in [5, 5.41) is 9.77. The molecule has 0 heterocycles. The van der Waals surface area contributed by atoms with Crippen LogP contribution in [0.25, 0.3) is 0 Å². The zero-order valence-electron chi connectivity index (χ0n) is 8.32. The molecular formula is C11H15BrClNO. The summed E-state index contributed by atoms with van der Waals surface area (Å²) in [4.78, 5) is 0. The summed E-state index contributed by atoms with van der Waals surface area (Å²) in [6, 6.07) is 5.60. The van der Waals surface area contributed by atoms with Crippen LogP contribution in [0.4, 0.5) is 0 Å². The summed E-state index contributed by atoms with van der Waals surface area (Å²) >= 11 is 3.29. The fraction of sp³-hybridized carbons (Fsp3) is 0.455. The highest BCUT2D eigenvalue weighted by Crippen LogP contribution is 2.39. The first kappa shape index (κ1) is 12.8. The van der Waals surface area contributed by atoms with E-state index in [0.29, 0.717) is 5.75 Å². The predicted octanol–water partition coefficient (Wildman–Crippen LogP) is 3.38. The van der Waals surface area contributed by atoms with Crippen molar-refractivity contribution in [3.05, 3.63) is 28.2 Å². The van der Waals surface area contributed by atoms with Crippen LogP contribution in [0.2, 0.25) is 0 Å². The predicted molar refractivity (Wildman–Crippen MR) is 67.3 cm³/mol. The molecule has 0 aromatic heterocycles. The molecule has 4 heteroatoms. The Kier molecular flexibility index (Phi) is 4.44. The van der Waals surface area contributed by atoms with Gasteiger partial charge < -0.3 is 10.8 Å². The number of para-hydroxylation sites is 1. The van der Waals surface area contributed by atoms with Gasteiger partial charge in [0.25, 0.3) is 0 Å². The minimum absolute atomic E-state index is 0. The molecule has 1 atom stereocenters. The van der Waals surface area contributed by atoms with E-state index in [4.69, 9.17) is 5.73 Å². The van der Waals surface area contributed by atoms with E-state index in [1.54, 1.807) is 0 Å². The topological polar surface area (TPSA) is 46.2 Å². The Morgan fingerprint density at radius 2 is 2.13 bits per heavy atom. The Labute approximate surface area is 104 Å². The molecule has 3 N–H and O–H groups in total. The minimum Gasteiger partial charge on any atom is -0.506 e. The first-order chi connectivity index (χ1) is 6.68. The van der Waals surface area contributed by atoms with Crippen LogP contribution in [0.3, 0.4) is 0 Å². The van der Waals surface area contributed by atoms with Gasteiger partial charge in [0.2, 0.25) is 0 Å². The van der Waals surface area contributed by atoms with Crippen LogP contribution in [0.15, 0.2) is 22.7 Å². The fourth-order valence-electron chi connectivity index (χ4n) is 1.67. The van der Waals surface area contributed by atoms with Crippen LogP contribution >= 0.6 is 28.3 Å². The molecular weight excluding hydrogens is 277 g/mol. The highest BCUT2D eigenvalue weighted by atomic mass is 79.9. The average Bonchev–Trinajstić information content (AvgIpc) is 2.93. The molecule has 0 saturated heterocycles. The summed E-state index contributed by atoms with van der Waals surface area (Å²) in [6.07, 6.45) is 3.58. The SMILES string of the molecule is Cl.N[C@@H](CC1CC1)c1cccc(Br)c1O. The van der Waals surface area contributed by atoms with Crippen LogP contribution in [0.5, 0.6) is 5.75 Å². The third-order valence-corrected chi connectivity index (χ3v) is 3.34. The van der Waals surface area contributed by atoms with Crippen LogP contribution in [-0.2, 0) is 0 Å². The number of halogens is 2. The molecule has 1 aliphatic carbocycles. The largest absolute Gasteiger partial charge is 0.506 e. The van der Waals surface area contributed by atoms with E-state index in [9.17, 15) is 5.11 Å². The highest BCUT2D eigenvalue weighted by Gasteiger charge is 2.25. The van der Waals surface area contributed by atoms with Gasteiger partial charge in [0.05, 0.1) is 4.47 Å². The molecule has 0 unspecified atom stereocenters. The molecule has 2 rings (SSSR count). The van der Waals surface area contributed by atoms with E-state index in [1.807, 2.05) is 18.2 Å². The van der Waals surface area contributed by atoms with Gasteiger partial charge in [-0.2, -0.15) is 0 Å². The van der Waals surface area contributed by atoms with Crippen LogP contribution in [0.1, 0.15) is 30.9 Å². The Morgan fingerprint density at radius 3 is 2.73 bits per heavy atom. The lowest BCUT2D eigenvalue weighted by Crippen LogP contribution is -2.11. The maximum Gasteiger partial charge on any atom is 0.134 e. The van der Waals surface area contributed by atoms with Crippen molar-refractivity contribution in [2.75, 3.05) is 0 Å². The zero-order valence-corrected chi connectivity index (χ0v) is 10.7. The molecule has 2 nitrogen and oxygen atoms in total. The molecule has 1 fully saturated rings. The van der Waals surface area contributed by atoms with Gasteiger partial charge >= 0.3 is 0 Å². The van der Waals surface area contributed by atoms with E-state index in [-0.39, 0.29) is 18.4 Å². The maximum atomic E-state index is 9.77. The quantitative estimate of drug-likeness (QED) is 0.897. The smallest absolute Gasteiger partial charge is 0.134 e. The van der Waals surface area contributed by atoms with Crippen molar-refractivity contribution in [2.45, 2.75) is 25.3 Å². The van der Waals surface area contributed by atoms with E-state index in [2.05, 4.69) is 15.9 Å². The lowest BCUT2D eigenvalue weighted by molar-refractivity contribution is 0.452. The van der Waals surface area contributed by atoms with Gasteiger partial charge in [0.1, 0.15) is 5.75 Å². The van der Waals surface area contributed by atoms with E-state index < -0.39 is 0 Å². The van der Waals surface area contributed by atoms with Crippen molar-refractivity contribution in [3.8, 4) is 5.75 Å². The average molecular weight is 293 g/mol. The number of nitrogens with two attached hydrogens (primary N) is 1. The summed E-state index contributed by atoms with van der Waals surface area (Å²) in [6.45, 7) is 0. The van der Waals surface area contributed by atoms with Crippen molar-refractivity contribution in [1.82, 2.24) is 0 Å². The van der Waals surface area contributed by atoms with Gasteiger partial charge in [0.15, 0.2) is 0 Å². The number of rotatable bonds is 3. The van der Waals surface area contributed by atoms with E-state index in [0.717, 1.165) is 22.4 Å². The molecule has 1 saturated carbocycles. The molecule has 1 aliphatic rings. The van der Waals surface area contributed by atoms with Gasteiger partial charge in [-0.25, -0.2) is 0 Å². The number of aromatic hydroxyl groups is 1. The third kappa shape index (κ3) is 3.10. The monoisotopic (exact) mass is 291 g/mol. The first-order valence-electron chi connectivity index (χ1n) is 4.91. The molecule has 0 aliphatic heterocycles. The van der Waals surface area contributed by atoms with Gasteiger partial charge in [-0.3, -0.25) is 0 Å². The first-order valence-corrected chi connectivity index (χ1v) is 5.70. The summed E-state index contributed by atoms with van der Waals surface area (Å²) in [5.74, 6) is 1.07. The molecule has 0 bridgehead atoms. The lowest BCUT2D eigenvalue weighted by atomic mass is 10.0. The second-order valence-corrected chi connectivity index (χ2v) is 4.82. The Morgan fingerprint density at radius 1 is 1.47 bits per heavy atom. The van der Waals surface area contributed by atoms with Gasteiger partial charge in [-0.1, -0.05) is 25.0 Å². The minimum atomic E-state index is -0.0278. The van der Waals surface area contributed by atoms with E-state index in [1.165, 1.54) is 12.8 Å². The van der Waals surface area contributed by atoms with Crippen molar-refractivity contribution in [1.29, 1.82) is 0 Å². The van der Waals surface area contributed by atoms with Crippen molar-refractivity contribution in [3.63, 3.8) is 0 Å². The van der Waals surface area contributed by atoms with Crippen molar-refractivity contribution >= 4 is 28.3 Å². The summed E-state index contributed by atoms with van der Waals surface area (Å²) in [5.41, 5.74) is 6.88. The Balaban J connectivity index is 0.00000112. The number of phenolic OH excluding ortho intramolecular Hbond substituents is 1. The normalized spacial score (nSPS) is 16.9. The summed E-state index contributed by atoms with van der Waals surface area (Å²) in [7, 11) is 0. The molecule has 1 aromatic carbocycles. The second-order valence-electron chi connectivity index (χ2n) is 3.96. The molecule has 1 aromatic rings. The van der Waals surface area contributed by atoms with Gasteiger partial charge in [-0.05, 0) is 34.3 Å². The highest BCUT2D eigenvalue weighted by molar-refractivity contribution is 9.10. The molecule has 15 heavy (non-hydrogen) atoms. The van der Waals surface area contributed by atoms with Crippen LogP contribution < -0.4 is 5.73 Å². The number of phenols is 1. The van der Waals surface area contributed by atoms with Crippen LogP contribution in [0, 0.1) is 5.92 Å². The molecule has 0 amide bonds. The number of hydrogen-bond donors (Lipinski definition) is 2. The Hall–Kier alpha value is -0.250. The van der Waals surface area contributed by atoms with Gasteiger partial charge in [0, 0.05) is 11.6 Å². The standard InChI is InChI=1S/C11H14BrNO.ClH/c12-9-3-1-2-8(11(9)14)10(13)6-7-4-5-7;/h1-3,7,10,14H,4-6,13H2;1H/t10-;/m0./s1. The van der Waals surface area contributed by atoms with E-state index >= 15 is 0 Å². The molecule has 84 valence electrons. The zero-order chi connectivity index (χ0) is 10.1. The van der Waals surface area contributed by atoms with Crippen molar-refractivity contribution in [2.24, 2.45) is 11.7 Å². The summed E-state index contributed by atoms with van der Waals surface area (Å²) < 4.78 is 0.723. The second kappa shape index (κ2) is 5.19. The maximum absolute atomic E-state index is 9.77. The third-order valence-electron chi connectivity index (χ3n) is 2.70. The number of hydrogen-bond acceptors (Lipinski definition) is 2.